The van der Waals surface area contributed by atoms with E-state index in [-0.39, 0.29) is 19.4 Å². The largest absolute Gasteiger partial charge is 0.454 e. The molecule has 0 spiro atoms. The summed E-state index contributed by atoms with van der Waals surface area (Å²) in [5.41, 5.74) is 0. The fraction of sp³-hybridized carbons (Fsp3) is 0.741. The first kappa shape index (κ1) is 60.1. The highest BCUT2D eigenvalue weighted by molar-refractivity contribution is 5.80. The van der Waals surface area contributed by atoms with Gasteiger partial charge in [0.2, 0.25) is 5.91 Å². The second-order valence-electron chi connectivity index (χ2n) is 17.6. The molecule has 11 heteroatoms. The minimum Gasteiger partial charge on any atom is -0.454 e. The lowest BCUT2D eigenvalue weighted by Gasteiger charge is -2.41. The number of unbranched alkanes of at least 4 members (excludes halogenated alkanes) is 20. The second kappa shape index (κ2) is 42.5. The number of esters is 1. The Morgan fingerprint density at radius 1 is 0.615 bits per heavy atom. The molecule has 8 unspecified atom stereocenters. The number of nitrogens with one attached hydrogen (secondary N) is 1. The monoisotopic (exact) mass is 916 g/mol. The molecule has 0 aromatic heterocycles. The Kier molecular flexibility index (Phi) is 39.3. The maximum atomic E-state index is 13.3. The van der Waals surface area contributed by atoms with Gasteiger partial charge in [-0.3, -0.25) is 9.59 Å². The third kappa shape index (κ3) is 31.7. The Morgan fingerprint density at radius 2 is 1.14 bits per heavy atom. The van der Waals surface area contributed by atoms with E-state index < -0.39 is 67.4 Å². The zero-order chi connectivity index (χ0) is 47.6. The Balaban J connectivity index is 2.80. The third-order valence-electron chi connectivity index (χ3n) is 11.7. The number of carbonyl (C=O) groups excluding carboxylic acids is 2. The van der Waals surface area contributed by atoms with E-state index in [2.05, 4.69) is 50.4 Å². The highest BCUT2D eigenvalue weighted by atomic mass is 16.7. The van der Waals surface area contributed by atoms with Crippen molar-refractivity contribution in [1.29, 1.82) is 0 Å². The van der Waals surface area contributed by atoms with Crippen molar-refractivity contribution in [3.05, 3.63) is 72.9 Å². The average Bonchev–Trinajstić information content (AvgIpc) is 3.30. The van der Waals surface area contributed by atoms with Gasteiger partial charge in [-0.15, -0.1) is 0 Å². The number of allylic oxidation sites excluding steroid dienone is 11. The summed E-state index contributed by atoms with van der Waals surface area (Å²) in [5.74, 6) is -1.24. The van der Waals surface area contributed by atoms with Crippen molar-refractivity contribution in [2.75, 3.05) is 13.2 Å². The molecule has 0 aromatic carbocycles. The Labute approximate surface area is 394 Å². The van der Waals surface area contributed by atoms with E-state index >= 15 is 0 Å². The molecule has 11 nitrogen and oxygen atoms in total. The molecule has 1 rings (SSSR count). The first-order chi connectivity index (χ1) is 31.7. The van der Waals surface area contributed by atoms with E-state index in [0.717, 1.165) is 89.9 Å². The van der Waals surface area contributed by atoms with Crippen molar-refractivity contribution in [1.82, 2.24) is 5.32 Å². The lowest BCUT2D eigenvalue weighted by Crippen LogP contribution is -2.61. The minimum atomic E-state index is -1.63. The molecule has 1 saturated heterocycles. The third-order valence-corrected chi connectivity index (χ3v) is 11.7. The summed E-state index contributed by atoms with van der Waals surface area (Å²) in [7, 11) is 0. The summed E-state index contributed by atoms with van der Waals surface area (Å²) < 4.78 is 17.5. The van der Waals surface area contributed by atoms with Crippen LogP contribution in [0.1, 0.15) is 194 Å². The molecular formula is C54H93NO10. The van der Waals surface area contributed by atoms with Gasteiger partial charge < -0.3 is 45.1 Å². The Morgan fingerprint density at radius 3 is 1.75 bits per heavy atom. The quantitative estimate of drug-likeness (QED) is 0.0150. The van der Waals surface area contributed by atoms with Gasteiger partial charge >= 0.3 is 5.97 Å². The van der Waals surface area contributed by atoms with Crippen molar-refractivity contribution in [2.45, 2.75) is 243 Å². The summed E-state index contributed by atoms with van der Waals surface area (Å²) in [6.07, 6.45) is 41.0. The van der Waals surface area contributed by atoms with Crippen LogP contribution in [0.4, 0.5) is 0 Å². The SMILES string of the molecule is CC/C=C/C=C/C=C/C=C\CCCCCCCC(=O)OC1C(OCC(NC(=O)C(O)CCCCCC/C=C\CCCC)C(O)/C=C/CCCCCCCCCCC)OC(CO)C(O)C1O. The van der Waals surface area contributed by atoms with Crippen LogP contribution in [0.15, 0.2) is 72.9 Å². The predicted molar refractivity (Wildman–Crippen MR) is 264 cm³/mol. The fourth-order valence-corrected chi connectivity index (χ4v) is 7.52. The number of carbonyl (C=O) groups is 2. The Hall–Kier alpha value is -2.90. The highest BCUT2D eigenvalue weighted by Crippen LogP contribution is 2.26. The lowest BCUT2D eigenvalue weighted by atomic mass is 9.99. The molecule has 0 radical (unpaired) electrons. The summed E-state index contributed by atoms with van der Waals surface area (Å²) in [4.78, 5) is 26.3. The molecule has 0 aliphatic carbocycles. The standard InChI is InChI=1S/C54H93NO10/c1-4-7-10-13-16-19-22-23-24-25-27-30-33-36-39-42-49(59)65-52-51(61)50(60)48(43-56)64-54(52)63-44-45(46(57)40-37-34-31-29-26-20-17-14-11-8-5-2)55-53(62)47(58)41-38-35-32-28-21-18-15-12-9-6-3/h7,10,13,15-16,18-19,22-24,37,40,45-48,50-52,54,56-58,60-61H,4-6,8-9,11-12,14,17,20-21,25-36,38-39,41-44H2,1-3H3,(H,55,62)/b10-7+,16-13+,18-15-,22-19+,24-23-,40-37+. The molecule has 0 aromatic rings. The fourth-order valence-electron chi connectivity index (χ4n) is 7.52. The summed E-state index contributed by atoms with van der Waals surface area (Å²) in [5, 5.41) is 56.5. The van der Waals surface area contributed by atoms with Gasteiger partial charge in [-0.05, 0) is 64.2 Å². The molecule has 65 heavy (non-hydrogen) atoms. The van der Waals surface area contributed by atoms with Gasteiger partial charge in [0, 0.05) is 6.42 Å². The highest BCUT2D eigenvalue weighted by Gasteiger charge is 2.47. The number of ether oxygens (including phenoxy) is 3. The van der Waals surface area contributed by atoms with Crippen LogP contribution in [0.3, 0.4) is 0 Å². The van der Waals surface area contributed by atoms with Crippen LogP contribution in [-0.4, -0.2) is 99.6 Å². The van der Waals surface area contributed by atoms with E-state index in [0.29, 0.717) is 12.8 Å². The molecule has 6 N–H and O–H groups in total. The van der Waals surface area contributed by atoms with Crippen LogP contribution in [-0.2, 0) is 23.8 Å². The van der Waals surface area contributed by atoms with Gasteiger partial charge in [0.25, 0.3) is 0 Å². The zero-order valence-corrected chi connectivity index (χ0v) is 40.8. The molecule has 0 saturated carbocycles. The van der Waals surface area contributed by atoms with Crippen molar-refractivity contribution in [3.8, 4) is 0 Å². The molecule has 1 fully saturated rings. The summed E-state index contributed by atoms with van der Waals surface area (Å²) in [6, 6.07) is -1.03. The van der Waals surface area contributed by atoms with E-state index in [9.17, 15) is 35.1 Å². The summed E-state index contributed by atoms with van der Waals surface area (Å²) in [6.45, 7) is 5.53. The summed E-state index contributed by atoms with van der Waals surface area (Å²) >= 11 is 0. The number of rotatable bonds is 41. The van der Waals surface area contributed by atoms with Gasteiger partial charge in [0.15, 0.2) is 12.4 Å². The number of hydrogen-bond acceptors (Lipinski definition) is 10. The van der Waals surface area contributed by atoms with Crippen LogP contribution in [0.5, 0.6) is 0 Å². The van der Waals surface area contributed by atoms with Crippen LogP contribution in [0.2, 0.25) is 0 Å². The van der Waals surface area contributed by atoms with Crippen molar-refractivity contribution < 1.29 is 49.3 Å². The minimum absolute atomic E-state index is 0.0935. The molecule has 1 aliphatic rings. The maximum Gasteiger partial charge on any atom is 0.306 e. The van der Waals surface area contributed by atoms with Crippen LogP contribution < -0.4 is 5.32 Å². The van der Waals surface area contributed by atoms with Gasteiger partial charge in [0.05, 0.1) is 25.4 Å². The number of aliphatic hydroxyl groups is 5. The van der Waals surface area contributed by atoms with Gasteiger partial charge in [0.1, 0.15) is 24.4 Å². The molecule has 374 valence electrons. The molecule has 1 aliphatic heterocycles. The van der Waals surface area contributed by atoms with Crippen LogP contribution >= 0.6 is 0 Å². The van der Waals surface area contributed by atoms with Crippen molar-refractivity contribution >= 4 is 11.9 Å². The van der Waals surface area contributed by atoms with Crippen molar-refractivity contribution in [3.63, 3.8) is 0 Å². The predicted octanol–water partition coefficient (Wildman–Crippen LogP) is 10.5. The number of hydrogen-bond donors (Lipinski definition) is 6. The first-order valence-corrected chi connectivity index (χ1v) is 25.8. The second-order valence-corrected chi connectivity index (χ2v) is 17.6. The number of amides is 1. The normalized spacial score (nSPS) is 20.9. The molecule has 1 heterocycles. The molecule has 8 atom stereocenters. The van der Waals surface area contributed by atoms with E-state index in [4.69, 9.17) is 14.2 Å². The lowest BCUT2D eigenvalue weighted by molar-refractivity contribution is -0.305. The van der Waals surface area contributed by atoms with Gasteiger partial charge in [-0.1, -0.05) is 196 Å². The Bertz CT molecular complexity index is 1330. The van der Waals surface area contributed by atoms with E-state index in [1.807, 2.05) is 42.5 Å². The van der Waals surface area contributed by atoms with Crippen molar-refractivity contribution in [2.24, 2.45) is 0 Å². The van der Waals surface area contributed by atoms with E-state index in [1.165, 1.54) is 57.8 Å². The van der Waals surface area contributed by atoms with E-state index in [1.54, 1.807) is 6.08 Å². The molecule has 0 bridgehead atoms. The van der Waals surface area contributed by atoms with Gasteiger partial charge in [-0.2, -0.15) is 0 Å². The average molecular weight is 916 g/mol. The van der Waals surface area contributed by atoms with Crippen LogP contribution in [0, 0.1) is 0 Å². The molecule has 1 amide bonds. The molecular weight excluding hydrogens is 823 g/mol. The van der Waals surface area contributed by atoms with Crippen LogP contribution in [0.25, 0.3) is 0 Å². The maximum absolute atomic E-state index is 13.3. The smallest absolute Gasteiger partial charge is 0.306 e. The first-order valence-electron chi connectivity index (χ1n) is 25.8. The number of aliphatic hydroxyl groups excluding tert-OH is 5. The topological polar surface area (TPSA) is 175 Å². The zero-order valence-electron chi connectivity index (χ0n) is 40.8. The van der Waals surface area contributed by atoms with Gasteiger partial charge in [-0.25, -0.2) is 0 Å².